The summed E-state index contributed by atoms with van der Waals surface area (Å²) in [6, 6.07) is 2.52. The minimum absolute atomic E-state index is 0. The highest BCUT2D eigenvalue weighted by Gasteiger charge is 2.32. The molecule has 2 N–H and O–H groups in total. The van der Waals surface area contributed by atoms with Crippen molar-refractivity contribution < 1.29 is 26.3 Å². The lowest BCUT2D eigenvalue weighted by molar-refractivity contribution is -0.0522. The van der Waals surface area contributed by atoms with E-state index in [0.717, 1.165) is 31.5 Å². The Morgan fingerprint density at radius 2 is 2.08 bits per heavy atom. The molecule has 10 heteroatoms. The van der Waals surface area contributed by atoms with Gasteiger partial charge in [-0.15, -0.1) is 12.4 Å². The van der Waals surface area contributed by atoms with E-state index in [1.54, 1.807) is 0 Å². The molecule has 0 radical (unpaired) electrons. The van der Waals surface area contributed by atoms with Crippen LogP contribution in [0, 0.1) is 11.2 Å². The van der Waals surface area contributed by atoms with Crippen molar-refractivity contribution >= 4 is 22.4 Å². The van der Waals surface area contributed by atoms with Crippen LogP contribution in [0.1, 0.15) is 26.7 Å². The third-order valence-electron chi connectivity index (χ3n) is 4.24. The van der Waals surface area contributed by atoms with E-state index in [1.807, 2.05) is 13.8 Å². The van der Waals surface area contributed by atoms with E-state index in [4.69, 9.17) is 0 Å². The van der Waals surface area contributed by atoms with Gasteiger partial charge in [-0.1, -0.05) is 13.8 Å². The monoisotopic (exact) mass is 402 g/mol. The lowest BCUT2D eigenvalue weighted by Crippen LogP contribution is -2.52. The first kappa shape index (κ1) is 22.0. The molecule has 1 unspecified atom stereocenters. The van der Waals surface area contributed by atoms with Gasteiger partial charge in [0.05, 0.1) is 4.90 Å². The molecule has 1 aliphatic heterocycles. The third kappa shape index (κ3) is 5.73. The molecule has 0 amide bonds. The van der Waals surface area contributed by atoms with E-state index in [2.05, 4.69) is 14.8 Å². The highest BCUT2D eigenvalue weighted by Crippen LogP contribution is 2.30. The first-order valence-corrected chi connectivity index (χ1v) is 9.07. The Morgan fingerprint density at radius 3 is 2.64 bits per heavy atom. The largest absolute Gasteiger partial charge is 0.432 e. The van der Waals surface area contributed by atoms with Gasteiger partial charge in [0, 0.05) is 12.6 Å². The molecule has 0 aromatic heterocycles. The molecule has 0 saturated carbocycles. The summed E-state index contributed by atoms with van der Waals surface area (Å²) in [5.41, 5.74) is -0.0685. The van der Waals surface area contributed by atoms with Crippen LogP contribution < -0.4 is 14.8 Å². The lowest BCUT2D eigenvalue weighted by Gasteiger charge is -2.39. The van der Waals surface area contributed by atoms with E-state index in [9.17, 15) is 21.6 Å². The van der Waals surface area contributed by atoms with Crippen molar-refractivity contribution in [3.05, 3.63) is 24.0 Å². The quantitative estimate of drug-likeness (QED) is 0.767. The van der Waals surface area contributed by atoms with Crippen molar-refractivity contribution in [1.82, 2.24) is 10.0 Å². The summed E-state index contributed by atoms with van der Waals surface area (Å²) >= 11 is 0. The van der Waals surface area contributed by atoms with E-state index in [-0.39, 0.29) is 35.3 Å². The summed E-state index contributed by atoms with van der Waals surface area (Å²) in [5.74, 6) is -1.85. The van der Waals surface area contributed by atoms with Crippen molar-refractivity contribution in [3.8, 4) is 5.75 Å². The fourth-order valence-electron chi connectivity index (χ4n) is 2.74. The fraction of sp³-hybridized carbons (Fsp3) is 0.600. The molecule has 144 valence electrons. The molecule has 1 fully saturated rings. The second-order valence-electron chi connectivity index (χ2n) is 6.42. The van der Waals surface area contributed by atoms with Gasteiger partial charge in [0.15, 0.2) is 11.6 Å². The molecule has 1 aromatic rings. The maximum Gasteiger partial charge on any atom is 0.387 e. The van der Waals surface area contributed by atoms with E-state index in [0.29, 0.717) is 6.07 Å². The van der Waals surface area contributed by atoms with Crippen molar-refractivity contribution in [2.45, 2.75) is 44.2 Å². The third-order valence-corrected chi connectivity index (χ3v) is 5.66. The maximum atomic E-state index is 13.7. The summed E-state index contributed by atoms with van der Waals surface area (Å²) in [6.07, 6.45) is 1.99. The Balaban J connectivity index is 0.00000312. The van der Waals surface area contributed by atoms with Crippen LogP contribution in [0.15, 0.2) is 23.1 Å². The van der Waals surface area contributed by atoms with Crippen LogP contribution in [0.2, 0.25) is 0 Å². The average Bonchev–Trinajstić information content (AvgIpc) is 2.47. The van der Waals surface area contributed by atoms with Gasteiger partial charge in [0.1, 0.15) is 0 Å². The van der Waals surface area contributed by atoms with Crippen molar-refractivity contribution in [2.24, 2.45) is 5.41 Å². The molecule has 25 heavy (non-hydrogen) atoms. The first-order chi connectivity index (χ1) is 11.1. The van der Waals surface area contributed by atoms with Gasteiger partial charge in [-0.2, -0.15) is 8.78 Å². The zero-order valence-corrected chi connectivity index (χ0v) is 15.5. The highest BCUT2D eigenvalue weighted by molar-refractivity contribution is 7.89. The number of alkyl halides is 2. The summed E-state index contributed by atoms with van der Waals surface area (Å²) in [7, 11) is -3.95. The second kappa shape index (κ2) is 8.57. The molecule has 2 rings (SSSR count). The van der Waals surface area contributed by atoms with Crippen LogP contribution in [-0.2, 0) is 10.0 Å². The number of sulfonamides is 1. The number of nitrogens with one attached hydrogen (secondary N) is 2. The van der Waals surface area contributed by atoms with Crippen molar-refractivity contribution in [1.29, 1.82) is 0 Å². The Hall–Kier alpha value is -1.03. The van der Waals surface area contributed by atoms with Gasteiger partial charge in [0.25, 0.3) is 0 Å². The van der Waals surface area contributed by atoms with Crippen LogP contribution in [-0.4, -0.2) is 34.2 Å². The zero-order chi connectivity index (χ0) is 18.0. The van der Waals surface area contributed by atoms with E-state index >= 15 is 0 Å². The van der Waals surface area contributed by atoms with Gasteiger partial charge in [-0.3, -0.25) is 0 Å². The van der Waals surface area contributed by atoms with Crippen LogP contribution in [0.4, 0.5) is 13.2 Å². The van der Waals surface area contributed by atoms with Gasteiger partial charge in [0.2, 0.25) is 10.0 Å². The summed E-state index contributed by atoms with van der Waals surface area (Å²) in [4.78, 5) is -0.338. The molecule has 1 heterocycles. The van der Waals surface area contributed by atoms with E-state index < -0.39 is 28.2 Å². The molecule has 1 aromatic carbocycles. The Bertz CT molecular complexity index is 687. The predicted molar refractivity (Wildman–Crippen MR) is 90.3 cm³/mol. The Labute approximate surface area is 151 Å². The number of halogens is 4. The van der Waals surface area contributed by atoms with Gasteiger partial charge >= 0.3 is 6.61 Å². The Kier molecular flexibility index (Phi) is 7.54. The van der Waals surface area contributed by atoms with Gasteiger partial charge in [-0.25, -0.2) is 17.5 Å². The highest BCUT2D eigenvalue weighted by atomic mass is 35.5. The molecule has 1 aliphatic rings. The number of piperidine rings is 1. The molecular weight excluding hydrogens is 381 g/mol. The van der Waals surface area contributed by atoms with Crippen LogP contribution in [0.3, 0.4) is 0 Å². The van der Waals surface area contributed by atoms with Crippen LogP contribution in [0.5, 0.6) is 5.75 Å². The predicted octanol–water partition coefficient (Wildman–Crippen LogP) is 2.91. The number of hydrogen-bond acceptors (Lipinski definition) is 4. The van der Waals surface area contributed by atoms with E-state index in [1.165, 1.54) is 0 Å². The summed E-state index contributed by atoms with van der Waals surface area (Å²) in [6.45, 7) is 1.89. The van der Waals surface area contributed by atoms with Gasteiger partial charge in [-0.05, 0) is 43.0 Å². The summed E-state index contributed by atoms with van der Waals surface area (Å²) in [5, 5.41) is 3.27. The fourth-order valence-corrected chi connectivity index (χ4v) is 3.79. The normalized spacial score (nSPS) is 20.2. The first-order valence-electron chi connectivity index (χ1n) is 7.59. The smallest absolute Gasteiger partial charge is 0.387 e. The minimum atomic E-state index is -3.95. The molecule has 0 bridgehead atoms. The van der Waals surface area contributed by atoms with Crippen LogP contribution >= 0.6 is 12.4 Å². The zero-order valence-electron chi connectivity index (χ0n) is 13.9. The number of hydrogen-bond donors (Lipinski definition) is 2. The maximum absolute atomic E-state index is 13.7. The molecule has 0 aliphatic carbocycles. The summed E-state index contributed by atoms with van der Waals surface area (Å²) < 4.78 is 68.9. The average molecular weight is 403 g/mol. The molecule has 1 saturated heterocycles. The molecule has 1 atom stereocenters. The van der Waals surface area contributed by atoms with Gasteiger partial charge < -0.3 is 10.1 Å². The minimum Gasteiger partial charge on any atom is -0.432 e. The molecule has 5 nitrogen and oxygen atoms in total. The second-order valence-corrected chi connectivity index (χ2v) is 8.19. The number of rotatable bonds is 6. The number of benzene rings is 1. The lowest BCUT2D eigenvalue weighted by atomic mass is 9.78. The van der Waals surface area contributed by atoms with Crippen molar-refractivity contribution in [3.63, 3.8) is 0 Å². The Morgan fingerprint density at radius 1 is 1.40 bits per heavy atom. The van der Waals surface area contributed by atoms with Crippen LogP contribution in [0.25, 0.3) is 0 Å². The SMILES string of the molecule is CC1(C)CCCNC1CNS(=O)(=O)c1ccc(OC(F)F)c(F)c1.Cl. The topological polar surface area (TPSA) is 67.4 Å². The molecule has 0 spiro atoms. The molecular formula is C15H22ClF3N2O3S. The standard InChI is InChI=1S/C15H21F3N2O3S.ClH/c1-15(2)6-3-7-19-13(15)9-20-24(21,22)10-4-5-12(11(16)8-10)23-14(17)18;/h4-5,8,13-14,19-20H,3,6-7,9H2,1-2H3;1H. The van der Waals surface area contributed by atoms with Crippen molar-refractivity contribution in [2.75, 3.05) is 13.1 Å². The number of ether oxygens (including phenoxy) is 1.